The van der Waals surface area contributed by atoms with Crippen molar-refractivity contribution in [2.75, 3.05) is 6.54 Å². The van der Waals surface area contributed by atoms with Gasteiger partial charge in [0.1, 0.15) is 0 Å². The number of carbonyl (C=O) groups excluding carboxylic acids is 1. The summed E-state index contributed by atoms with van der Waals surface area (Å²) in [7, 11) is 0. The topological polar surface area (TPSA) is 29.1 Å². The van der Waals surface area contributed by atoms with Crippen molar-refractivity contribution in [3.63, 3.8) is 0 Å². The second-order valence-electron chi connectivity index (χ2n) is 4.97. The number of carbonyl (C=O) groups is 1. The average Bonchev–Trinajstić information content (AvgIpc) is 2.45. The number of rotatable bonds is 5. The molecule has 2 aromatic carbocycles. The fourth-order valence-electron chi connectivity index (χ4n) is 2.05. The second-order valence-corrected chi connectivity index (χ2v) is 6.57. The van der Waals surface area contributed by atoms with Crippen LogP contribution in [0.3, 0.4) is 0 Å². The average molecular weight is 414 g/mol. The molecule has 0 heterocycles. The lowest BCUT2D eigenvalue weighted by Gasteiger charge is -2.08. The van der Waals surface area contributed by atoms with E-state index >= 15 is 0 Å². The Morgan fingerprint density at radius 1 is 1.19 bits per heavy atom. The molecule has 4 heteroatoms. The molecular formula is C17H17ClINO. The van der Waals surface area contributed by atoms with Gasteiger partial charge >= 0.3 is 0 Å². The molecule has 0 aliphatic carbocycles. The third-order valence-electron chi connectivity index (χ3n) is 3.21. The van der Waals surface area contributed by atoms with Gasteiger partial charge in [-0.25, -0.2) is 0 Å². The van der Waals surface area contributed by atoms with Gasteiger partial charge < -0.3 is 5.32 Å². The van der Waals surface area contributed by atoms with Crippen LogP contribution in [0.2, 0.25) is 5.02 Å². The molecule has 1 amide bonds. The van der Waals surface area contributed by atoms with E-state index in [1.54, 1.807) is 0 Å². The van der Waals surface area contributed by atoms with Crippen molar-refractivity contribution in [3.05, 3.63) is 67.7 Å². The van der Waals surface area contributed by atoms with Gasteiger partial charge in [0, 0.05) is 15.1 Å². The Hall–Kier alpha value is -1.07. The van der Waals surface area contributed by atoms with Gasteiger partial charge in [-0.05, 0) is 72.2 Å². The molecular weight excluding hydrogens is 397 g/mol. The monoisotopic (exact) mass is 413 g/mol. The Balaban J connectivity index is 1.80. The van der Waals surface area contributed by atoms with Crippen LogP contribution in [0.5, 0.6) is 0 Å². The van der Waals surface area contributed by atoms with Crippen molar-refractivity contribution in [1.29, 1.82) is 0 Å². The number of benzene rings is 2. The zero-order chi connectivity index (χ0) is 15.2. The number of nitrogens with one attached hydrogen (secondary N) is 1. The van der Waals surface area contributed by atoms with E-state index in [9.17, 15) is 4.79 Å². The van der Waals surface area contributed by atoms with Crippen LogP contribution >= 0.6 is 34.2 Å². The lowest BCUT2D eigenvalue weighted by molar-refractivity contribution is 0.0952. The molecule has 21 heavy (non-hydrogen) atoms. The van der Waals surface area contributed by atoms with Crippen molar-refractivity contribution < 1.29 is 4.79 Å². The van der Waals surface area contributed by atoms with Crippen molar-refractivity contribution >= 4 is 40.1 Å². The molecule has 1 N–H and O–H groups in total. The lowest BCUT2D eigenvalue weighted by Crippen LogP contribution is -2.25. The Morgan fingerprint density at radius 2 is 1.90 bits per heavy atom. The van der Waals surface area contributed by atoms with Crippen LogP contribution in [0.1, 0.15) is 27.9 Å². The molecule has 0 unspecified atom stereocenters. The van der Waals surface area contributed by atoms with Crippen LogP contribution in [0, 0.1) is 10.5 Å². The highest BCUT2D eigenvalue weighted by molar-refractivity contribution is 14.1. The normalized spacial score (nSPS) is 10.4. The minimum Gasteiger partial charge on any atom is -0.352 e. The third kappa shape index (κ3) is 5.00. The summed E-state index contributed by atoms with van der Waals surface area (Å²) in [6, 6.07) is 13.7. The molecule has 0 aliphatic rings. The number of hydrogen-bond donors (Lipinski definition) is 1. The molecule has 0 aromatic heterocycles. The van der Waals surface area contributed by atoms with Gasteiger partial charge in [0.15, 0.2) is 0 Å². The minimum absolute atomic E-state index is 0.00416. The SMILES string of the molecule is Cc1ccc(C(=O)NCCCc2ccc(Cl)cc2)c(I)c1. The van der Waals surface area contributed by atoms with Crippen molar-refractivity contribution in [2.24, 2.45) is 0 Å². The van der Waals surface area contributed by atoms with Gasteiger partial charge in [-0.2, -0.15) is 0 Å². The number of amides is 1. The highest BCUT2D eigenvalue weighted by Crippen LogP contribution is 2.14. The molecule has 2 nitrogen and oxygen atoms in total. The molecule has 0 radical (unpaired) electrons. The van der Waals surface area contributed by atoms with Crippen molar-refractivity contribution in [1.82, 2.24) is 5.32 Å². The highest BCUT2D eigenvalue weighted by Gasteiger charge is 2.08. The van der Waals surface area contributed by atoms with Gasteiger partial charge in [-0.1, -0.05) is 35.4 Å². The van der Waals surface area contributed by atoms with Crippen LogP contribution in [0.15, 0.2) is 42.5 Å². The van der Waals surface area contributed by atoms with Crippen LogP contribution in [0.25, 0.3) is 0 Å². The largest absolute Gasteiger partial charge is 0.352 e. The van der Waals surface area contributed by atoms with E-state index in [0.717, 1.165) is 27.0 Å². The molecule has 0 atom stereocenters. The predicted octanol–water partition coefficient (Wildman–Crippen LogP) is 4.62. The maximum atomic E-state index is 12.1. The van der Waals surface area contributed by atoms with Gasteiger partial charge in [0.05, 0.1) is 5.56 Å². The quantitative estimate of drug-likeness (QED) is 0.563. The molecule has 110 valence electrons. The number of halogens is 2. The molecule has 0 saturated heterocycles. The van der Waals surface area contributed by atoms with E-state index in [1.165, 1.54) is 11.1 Å². The van der Waals surface area contributed by atoms with E-state index < -0.39 is 0 Å². The second kappa shape index (κ2) is 7.80. The lowest BCUT2D eigenvalue weighted by atomic mass is 10.1. The summed E-state index contributed by atoms with van der Waals surface area (Å²) in [5, 5.41) is 3.72. The molecule has 0 aliphatic heterocycles. The first-order chi connectivity index (χ1) is 10.1. The first-order valence-corrected chi connectivity index (χ1v) is 8.31. The summed E-state index contributed by atoms with van der Waals surface area (Å²) in [6.07, 6.45) is 1.85. The maximum Gasteiger partial charge on any atom is 0.252 e. The van der Waals surface area contributed by atoms with Crippen molar-refractivity contribution in [2.45, 2.75) is 19.8 Å². The Bertz CT molecular complexity index is 625. The first-order valence-electron chi connectivity index (χ1n) is 6.85. The van der Waals surface area contributed by atoms with E-state index in [0.29, 0.717) is 6.54 Å². The van der Waals surface area contributed by atoms with Crippen molar-refractivity contribution in [3.8, 4) is 0 Å². The number of hydrogen-bond acceptors (Lipinski definition) is 1. The van der Waals surface area contributed by atoms with Gasteiger partial charge in [0.2, 0.25) is 0 Å². The predicted molar refractivity (Wildman–Crippen MR) is 96.0 cm³/mol. The molecule has 0 saturated carbocycles. The summed E-state index contributed by atoms with van der Waals surface area (Å²) in [5.74, 6) is -0.00416. The molecule has 0 bridgehead atoms. The van der Waals surface area contributed by atoms with E-state index in [2.05, 4.69) is 27.9 Å². The third-order valence-corrected chi connectivity index (χ3v) is 4.35. The standard InChI is InChI=1S/C17H17ClINO/c1-12-4-9-15(16(19)11-12)17(21)20-10-2-3-13-5-7-14(18)8-6-13/h4-9,11H,2-3,10H2,1H3,(H,20,21). The Kier molecular flexibility index (Phi) is 6.06. The fraction of sp³-hybridized carbons (Fsp3) is 0.235. The van der Waals surface area contributed by atoms with Gasteiger partial charge in [-0.3, -0.25) is 4.79 Å². The smallest absolute Gasteiger partial charge is 0.252 e. The van der Waals surface area contributed by atoms with E-state index in [4.69, 9.17) is 11.6 Å². The van der Waals surface area contributed by atoms with Gasteiger partial charge in [-0.15, -0.1) is 0 Å². The van der Waals surface area contributed by atoms with Gasteiger partial charge in [0.25, 0.3) is 5.91 Å². The molecule has 2 aromatic rings. The van der Waals surface area contributed by atoms with Crippen LogP contribution in [0.4, 0.5) is 0 Å². The molecule has 0 fully saturated rings. The Morgan fingerprint density at radius 3 is 2.57 bits per heavy atom. The zero-order valence-corrected chi connectivity index (χ0v) is 14.7. The minimum atomic E-state index is -0.00416. The van der Waals surface area contributed by atoms with Crippen LogP contribution < -0.4 is 5.32 Å². The highest BCUT2D eigenvalue weighted by atomic mass is 127. The van der Waals surface area contributed by atoms with Crippen LogP contribution in [-0.4, -0.2) is 12.5 Å². The summed E-state index contributed by atoms with van der Waals surface area (Å²) in [4.78, 5) is 12.1. The summed E-state index contributed by atoms with van der Waals surface area (Å²) >= 11 is 8.05. The van der Waals surface area contributed by atoms with E-state index in [1.807, 2.05) is 49.4 Å². The summed E-state index contributed by atoms with van der Waals surface area (Å²) in [6.45, 7) is 2.70. The fourth-order valence-corrected chi connectivity index (χ4v) is 3.09. The summed E-state index contributed by atoms with van der Waals surface area (Å²) in [5.41, 5.74) is 3.14. The molecule has 2 rings (SSSR count). The maximum absolute atomic E-state index is 12.1. The number of aryl methyl sites for hydroxylation is 2. The summed E-state index contributed by atoms with van der Waals surface area (Å²) < 4.78 is 0.989. The Labute approximate surface area is 144 Å². The zero-order valence-electron chi connectivity index (χ0n) is 11.8. The van der Waals surface area contributed by atoms with Crippen LogP contribution in [-0.2, 0) is 6.42 Å². The molecule has 0 spiro atoms. The first kappa shape index (κ1) is 16.3. The van der Waals surface area contributed by atoms with E-state index in [-0.39, 0.29) is 5.91 Å².